The van der Waals surface area contributed by atoms with Crippen molar-refractivity contribution in [3.05, 3.63) is 12.2 Å². The molecule has 0 aliphatic heterocycles. The molecule has 1 saturated carbocycles. The smallest absolute Gasteiger partial charge is 0.130 e. The van der Waals surface area contributed by atoms with Gasteiger partial charge in [0.1, 0.15) is 5.78 Å². The first-order valence-electron chi connectivity index (χ1n) is 4.93. The Morgan fingerprint density at radius 3 is 2.67 bits per heavy atom. The van der Waals surface area contributed by atoms with Crippen molar-refractivity contribution in [1.82, 2.24) is 0 Å². The molecule has 66 valence electrons. The van der Waals surface area contributed by atoms with Gasteiger partial charge in [-0.2, -0.15) is 0 Å². The fraction of sp³-hybridized carbons (Fsp3) is 0.727. The summed E-state index contributed by atoms with van der Waals surface area (Å²) in [7, 11) is 0. The quantitative estimate of drug-likeness (QED) is 0.573. The van der Waals surface area contributed by atoms with Crippen LogP contribution in [0.3, 0.4) is 0 Å². The summed E-state index contributed by atoms with van der Waals surface area (Å²) in [6, 6.07) is 0. The molecule has 1 fully saturated rings. The van der Waals surface area contributed by atoms with Crippen molar-refractivity contribution < 1.29 is 4.79 Å². The molecule has 0 aromatic carbocycles. The molecule has 1 nitrogen and oxygen atoms in total. The van der Waals surface area contributed by atoms with E-state index in [1.807, 2.05) is 0 Å². The summed E-state index contributed by atoms with van der Waals surface area (Å²) in [5.74, 6) is 2.55. The van der Waals surface area contributed by atoms with Crippen LogP contribution in [0.2, 0.25) is 0 Å². The second-order valence-electron chi connectivity index (χ2n) is 4.29. The van der Waals surface area contributed by atoms with Gasteiger partial charge in [-0.1, -0.05) is 12.2 Å². The van der Waals surface area contributed by atoms with Crippen molar-refractivity contribution >= 4 is 5.78 Å². The van der Waals surface area contributed by atoms with Crippen molar-refractivity contribution in [3.63, 3.8) is 0 Å². The number of ketones is 1. The highest BCUT2D eigenvalue weighted by molar-refractivity contribution is 5.75. The van der Waals surface area contributed by atoms with Crippen LogP contribution in [0.5, 0.6) is 0 Å². The molecular formula is C11H16O. The molecule has 3 aliphatic carbocycles. The molecule has 0 N–H and O–H groups in total. The van der Waals surface area contributed by atoms with Crippen LogP contribution in [0.25, 0.3) is 0 Å². The zero-order valence-electron chi connectivity index (χ0n) is 7.62. The van der Waals surface area contributed by atoms with Gasteiger partial charge in [0, 0.05) is 6.42 Å². The Bertz CT molecular complexity index is 217. The zero-order valence-corrected chi connectivity index (χ0v) is 7.62. The fourth-order valence-electron chi connectivity index (χ4n) is 2.66. The van der Waals surface area contributed by atoms with E-state index in [0.29, 0.717) is 11.7 Å². The normalized spacial score (nSPS) is 38.6. The van der Waals surface area contributed by atoms with Crippen molar-refractivity contribution in [2.45, 2.75) is 32.6 Å². The van der Waals surface area contributed by atoms with E-state index in [9.17, 15) is 4.79 Å². The predicted molar refractivity (Wildman–Crippen MR) is 48.8 cm³/mol. The van der Waals surface area contributed by atoms with Crippen molar-refractivity contribution in [1.29, 1.82) is 0 Å². The fourth-order valence-corrected chi connectivity index (χ4v) is 2.66. The summed E-state index contributed by atoms with van der Waals surface area (Å²) in [5.41, 5.74) is 0. The van der Waals surface area contributed by atoms with Gasteiger partial charge in [0.15, 0.2) is 0 Å². The Morgan fingerprint density at radius 2 is 2.25 bits per heavy atom. The number of allylic oxidation sites excluding steroid dienone is 2. The third kappa shape index (κ3) is 1.45. The van der Waals surface area contributed by atoms with Crippen LogP contribution in [-0.2, 0) is 4.79 Å². The third-order valence-electron chi connectivity index (χ3n) is 3.26. The first kappa shape index (κ1) is 8.03. The lowest BCUT2D eigenvalue weighted by Gasteiger charge is -2.37. The number of fused-ring (bicyclic) bond motifs is 2. The Kier molecular flexibility index (Phi) is 2.03. The molecule has 12 heavy (non-hydrogen) atoms. The van der Waals surface area contributed by atoms with Gasteiger partial charge in [-0.3, -0.25) is 0 Å². The molecular weight excluding hydrogens is 148 g/mol. The molecule has 0 saturated heterocycles. The van der Waals surface area contributed by atoms with E-state index in [1.54, 1.807) is 6.92 Å². The maximum absolute atomic E-state index is 11.0. The number of carbonyl (C=O) groups is 1. The highest BCUT2D eigenvalue weighted by atomic mass is 16.1. The van der Waals surface area contributed by atoms with Crippen molar-refractivity contribution in [3.8, 4) is 0 Å². The van der Waals surface area contributed by atoms with Crippen LogP contribution in [0.15, 0.2) is 12.2 Å². The minimum absolute atomic E-state index is 0.362. The molecule has 1 heteroatoms. The van der Waals surface area contributed by atoms with E-state index in [-0.39, 0.29) is 0 Å². The number of rotatable bonds is 2. The summed E-state index contributed by atoms with van der Waals surface area (Å²) in [6.07, 6.45) is 9.44. The van der Waals surface area contributed by atoms with Crippen molar-refractivity contribution in [2.75, 3.05) is 0 Å². The standard InChI is InChI=1S/C11H16O/c1-8(12)6-11-7-9-2-4-10(11)5-3-9/h2,4,9-11H,3,5-7H2,1H3/t9-,10+,11-/m1/s1. The lowest BCUT2D eigenvalue weighted by molar-refractivity contribution is -0.118. The Morgan fingerprint density at radius 1 is 1.42 bits per heavy atom. The molecule has 3 aliphatic rings. The van der Waals surface area contributed by atoms with E-state index in [0.717, 1.165) is 18.3 Å². The van der Waals surface area contributed by atoms with Gasteiger partial charge in [0.2, 0.25) is 0 Å². The van der Waals surface area contributed by atoms with Crippen LogP contribution in [0, 0.1) is 17.8 Å². The van der Waals surface area contributed by atoms with Crippen LogP contribution < -0.4 is 0 Å². The maximum atomic E-state index is 11.0. The second-order valence-corrected chi connectivity index (χ2v) is 4.29. The Labute approximate surface area is 73.8 Å². The van der Waals surface area contributed by atoms with Crippen LogP contribution in [-0.4, -0.2) is 5.78 Å². The molecule has 0 heterocycles. The molecule has 3 rings (SSSR count). The molecule has 3 atom stereocenters. The first-order valence-corrected chi connectivity index (χ1v) is 4.93. The van der Waals surface area contributed by atoms with Crippen LogP contribution in [0.1, 0.15) is 32.6 Å². The van der Waals surface area contributed by atoms with Crippen molar-refractivity contribution in [2.24, 2.45) is 17.8 Å². The Balaban J connectivity index is 2.01. The summed E-state index contributed by atoms with van der Waals surface area (Å²) in [6.45, 7) is 1.71. The van der Waals surface area contributed by atoms with Gasteiger partial charge < -0.3 is 4.79 Å². The second kappa shape index (κ2) is 3.04. The maximum Gasteiger partial charge on any atom is 0.130 e. The molecule has 2 bridgehead atoms. The molecule has 0 aromatic rings. The van der Waals surface area contributed by atoms with E-state index in [2.05, 4.69) is 12.2 Å². The number of hydrogen-bond donors (Lipinski definition) is 0. The zero-order chi connectivity index (χ0) is 8.55. The first-order chi connectivity index (χ1) is 5.75. The van der Waals surface area contributed by atoms with Gasteiger partial charge in [-0.15, -0.1) is 0 Å². The number of hydrogen-bond acceptors (Lipinski definition) is 1. The number of carbonyl (C=O) groups excluding carboxylic acids is 1. The van der Waals surface area contributed by atoms with Gasteiger partial charge in [0.25, 0.3) is 0 Å². The summed E-state index contributed by atoms with van der Waals surface area (Å²) in [4.78, 5) is 11.0. The third-order valence-corrected chi connectivity index (χ3v) is 3.26. The van der Waals surface area contributed by atoms with Crippen LogP contribution >= 0.6 is 0 Å². The predicted octanol–water partition coefficient (Wildman–Crippen LogP) is 2.57. The van der Waals surface area contributed by atoms with Gasteiger partial charge in [-0.25, -0.2) is 0 Å². The molecule has 0 amide bonds. The van der Waals surface area contributed by atoms with E-state index in [1.165, 1.54) is 19.3 Å². The van der Waals surface area contributed by atoms with Gasteiger partial charge >= 0.3 is 0 Å². The average molecular weight is 164 g/mol. The summed E-state index contributed by atoms with van der Waals surface area (Å²) >= 11 is 0. The van der Waals surface area contributed by atoms with E-state index in [4.69, 9.17) is 0 Å². The lowest BCUT2D eigenvalue weighted by Crippen LogP contribution is -2.28. The lowest BCUT2D eigenvalue weighted by atomic mass is 9.68. The van der Waals surface area contributed by atoms with Gasteiger partial charge in [-0.05, 0) is 43.9 Å². The highest BCUT2D eigenvalue weighted by Crippen LogP contribution is 2.41. The topological polar surface area (TPSA) is 17.1 Å². The average Bonchev–Trinajstić information content (AvgIpc) is 2.05. The monoisotopic (exact) mass is 164 g/mol. The largest absolute Gasteiger partial charge is 0.300 e. The molecule has 0 radical (unpaired) electrons. The number of Topliss-reactive ketones (excluding diaryl/α,β-unsaturated/α-hetero) is 1. The minimum Gasteiger partial charge on any atom is -0.300 e. The van der Waals surface area contributed by atoms with E-state index >= 15 is 0 Å². The van der Waals surface area contributed by atoms with E-state index < -0.39 is 0 Å². The SMILES string of the molecule is CC(=O)C[C@@H]1C[C@@H]2C=C[C@H]1CC2. The van der Waals surface area contributed by atoms with Gasteiger partial charge in [0.05, 0.1) is 0 Å². The Hall–Kier alpha value is -0.590. The highest BCUT2D eigenvalue weighted by Gasteiger charge is 2.31. The summed E-state index contributed by atoms with van der Waals surface area (Å²) in [5, 5.41) is 0. The summed E-state index contributed by atoms with van der Waals surface area (Å²) < 4.78 is 0. The molecule has 0 aromatic heterocycles. The molecule has 0 unspecified atom stereocenters. The molecule has 0 spiro atoms. The minimum atomic E-state index is 0.362. The van der Waals surface area contributed by atoms with Crippen LogP contribution in [0.4, 0.5) is 0 Å².